The topological polar surface area (TPSA) is 114 Å². The molecule has 0 amide bonds. The van der Waals surface area contributed by atoms with E-state index < -0.39 is 0 Å². The average Bonchev–Trinajstić information content (AvgIpc) is 2.87. The van der Waals surface area contributed by atoms with Crippen LogP contribution in [0.5, 0.6) is 0 Å². The van der Waals surface area contributed by atoms with E-state index in [9.17, 15) is 0 Å². The molecule has 39 heavy (non-hydrogen) atoms. The van der Waals surface area contributed by atoms with Crippen molar-refractivity contribution in [1.29, 1.82) is 0 Å². The van der Waals surface area contributed by atoms with E-state index in [1.54, 1.807) is 0 Å². The third-order valence-corrected chi connectivity index (χ3v) is 4.31. The van der Waals surface area contributed by atoms with Crippen LogP contribution in [-0.4, -0.2) is 12.6 Å². The first-order valence-corrected chi connectivity index (χ1v) is 13.9. The van der Waals surface area contributed by atoms with Gasteiger partial charge in [-0.2, -0.15) is 35.9 Å². The molecule has 0 radical (unpaired) electrons. The van der Waals surface area contributed by atoms with Gasteiger partial charge in [0.25, 0.3) is 0 Å². The van der Waals surface area contributed by atoms with Gasteiger partial charge in [0.1, 0.15) is 0 Å². The van der Waals surface area contributed by atoms with E-state index >= 15 is 0 Å². The van der Waals surface area contributed by atoms with Gasteiger partial charge in [0, 0.05) is 11.7 Å². The number of hydrogen-bond donors (Lipinski definition) is 4. The minimum atomic E-state index is -0.109. The van der Waals surface area contributed by atoms with Crippen LogP contribution in [0.2, 0.25) is 0 Å². The first-order chi connectivity index (χ1) is 17.7. The zero-order valence-corrected chi connectivity index (χ0v) is 30.7. The maximum atomic E-state index is 6.70. The molecule has 0 heterocycles. The van der Waals surface area contributed by atoms with E-state index in [-0.39, 0.29) is 38.8 Å². The van der Waals surface area contributed by atoms with Crippen molar-refractivity contribution in [2.45, 2.75) is 108 Å². The second-order valence-electron chi connectivity index (χ2n) is 9.94. The van der Waals surface area contributed by atoms with Crippen molar-refractivity contribution >= 4 is 0 Å². The van der Waals surface area contributed by atoms with Gasteiger partial charge < -0.3 is 35.4 Å². The number of allylic oxidation sites excluding steroid dienone is 1. The summed E-state index contributed by atoms with van der Waals surface area (Å²) in [5, 5.41) is 0. The number of hydrogen-bond acceptors (Lipinski definition) is 4. The molecule has 0 aliphatic heterocycles. The first-order valence-electron chi connectivity index (χ1n) is 13.9. The van der Waals surface area contributed by atoms with E-state index in [2.05, 4.69) is 104 Å². The van der Waals surface area contributed by atoms with Crippen molar-refractivity contribution in [2.75, 3.05) is 6.54 Å². The summed E-state index contributed by atoms with van der Waals surface area (Å²) in [6.07, 6.45) is 8.02. The molecule has 1 aromatic rings. The van der Waals surface area contributed by atoms with Gasteiger partial charge in [-0.3, -0.25) is 0 Å². The third kappa shape index (κ3) is 67.1. The molecule has 0 aliphatic rings. The van der Waals surface area contributed by atoms with E-state index in [0.717, 1.165) is 12.3 Å². The SMILES string of the molecule is C=C(N[NH-])C(N)C(C)C.C=CCC(C)C.C=CN.CC.CCC(C)(C)C.CCCc1cc[c-]cc1.[CH2-]CN.[Y+3]. The summed E-state index contributed by atoms with van der Waals surface area (Å²) in [4.78, 5) is 0. The number of rotatable bonds is 7. The molecule has 1 unspecified atom stereocenters. The van der Waals surface area contributed by atoms with Crippen molar-refractivity contribution < 1.29 is 32.7 Å². The summed E-state index contributed by atoms with van der Waals surface area (Å²) in [5.41, 5.74) is 19.6. The molecule has 0 saturated heterocycles. The molecule has 0 aromatic heterocycles. The second-order valence-corrected chi connectivity index (χ2v) is 9.94. The molecule has 228 valence electrons. The van der Waals surface area contributed by atoms with Crippen LogP contribution in [0.25, 0.3) is 5.84 Å². The van der Waals surface area contributed by atoms with Crippen LogP contribution in [0.15, 0.2) is 62.0 Å². The summed E-state index contributed by atoms with van der Waals surface area (Å²) in [6, 6.07) is 11.0. The predicted octanol–water partition coefficient (Wildman–Crippen LogP) is 9.03. The summed E-state index contributed by atoms with van der Waals surface area (Å²) < 4.78 is 0. The molecule has 1 atom stereocenters. The quantitative estimate of drug-likeness (QED) is 0.138. The molecule has 1 aromatic carbocycles. The van der Waals surface area contributed by atoms with Gasteiger partial charge in [-0.05, 0) is 29.9 Å². The Kier molecular flexibility index (Phi) is 61.2. The third-order valence-electron chi connectivity index (χ3n) is 4.31. The number of nitrogens with two attached hydrogens (primary N) is 3. The number of aryl methyl sites for hydroxylation is 1. The van der Waals surface area contributed by atoms with Gasteiger partial charge in [-0.1, -0.05) is 115 Å². The van der Waals surface area contributed by atoms with Crippen LogP contribution < -0.4 is 22.6 Å². The fraction of sp³-hybridized carbons (Fsp3) is 0.606. The van der Waals surface area contributed by atoms with Crippen LogP contribution >= 0.6 is 0 Å². The van der Waals surface area contributed by atoms with Crippen LogP contribution in [0.1, 0.15) is 101 Å². The minimum absolute atomic E-state index is 0. The Bertz CT molecular complexity index is 567. The van der Waals surface area contributed by atoms with Crippen LogP contribution in [0.4, 0.5) is 0 Å². The largest absolute Gasteiger partial charge is 3.00 e. The molecule has 0 saturated carbocycles. The maximum Gasteiger partial charge on any atom is 3.00 e. The molecule has 0 aliphatic carbocycles. The Labute approximate surface area is 272 Å². The van der Waals surface area contributed by atoms with Crippen molar-refractivity contribution in [3.05, 3.63) is 86.4 Å². The van der Waals surface area contributed by atoms with Crippen molar-refractivity contribution in [3.63, 3.8) is 0 Å². The molecule has 1 rings (SSSR count). The zero-order chi connectivity index (χ0) is 31.6. The van der Waals surface area contributed by atoms with Crippen molar-refractivity contribution in [1.82, 2.24) is 5.43 Å². The second kappa shape index (κ2) is 44.1. The minimum Gasteiger partial charge on any atom is -0.586 e. The van der Waals surface area contributed by atoms with Gasteiger partial charge in [0.2, 0.25) is 0 Å². The molecule has 6 heteroatoms. The fourth-order valence-electron chi connectivity index (χ4n) is 1.70. The predicted molar refractivity (Wildman–Crippen MR) is 178 cm³/mol. The number of nitrogens with one attached hydrogen (secondary N) is 2. The zero-order valence-electron chi connectivity index (χ0n) is 27.9. The van der Waals surface area contributed by atoms with Crippen molar-refractivity contribution in [3.8, 4) is 0 Å². The average molecular weight is 624 g/mol. The molecule has 0 spiro atoms. The van der Waals surface area contributed by atoms with Gasteiger partial charge in [-0.25, -0.2) is 0 Å². The van der Waals surface area contributed by atoms with Crippen LogP contribution in [0, 0.1) is 30.2 Å². The van der Waals surface area contributed by atoms with Crippen LogP contribution in [0.3, 0.4) is 0 Å². The molecular weight excluding hydrogens is 555 g/mol. The van der Waals surface area contributed by atoms with E-state index in [0.29, 0.717) is 23.6 Å². The van der Waals surface area contributed by atoms with E-state index in [4.69, 9.17) is 17.3 Å². The Hall–Kier alpha value is -0.976. The molecule has 0 fully saturated rings. The molecular formula is C33H68N5Y. The Balaban J connectivity index is -0.0000000645. The van der Waals surface area contributed by atoms with Crippen molar-refractivity contribution in [2.24, 2.45) is 34.5 Å². The smallest absolute Gasteiger partial charge is 0.586 e. The maximum absolute atomic E-state index is 6.70. The van der Waals surface area contributed by atoms with Gasteiger partial charge in [0.15, 0.2) is 0 Å². The Morgan fingerprint density at radius 3 is 1.62 bits per heavy atom. The van der Waals surface area contributed by atoms with Gasteiger partial charge in [-0.15, -0.1) is 13.1 Å². The standard InChI is InChI=1S/C9H11.C6H14N3.C6H14.C6H12.C2H6N.C2H5N.C2H6.Y/c1-2-6-9-7-4-3-5-8-9;1-4(2)6(7)5(3)9-8;1-5-6(2,3)4;1-4-5-6(2)3;2*1-2-3;1-2;/h4-5,7-8H,2,6H2,1H3;4,6,8-9H,3,7H2,1-2H3;5H2,1-4H3;4,6H,1,5H2,2-3H3;1-3H2;2H,1,3H2;1-2H3;/q2*-1;;;-1;;;+3. The summed E-state index contributed by atoms with van der Waals surface area (Å²) in [7, 11) is 0. The first kappa shape index (κ1) is 54.2. The Morgan fingerprint density at radius 2 is 1.46 bits per heavy atom. The number of benzene rings is 1. The fourth-order valence-corrected chi connectivity index (χ4v) is 1.70. The Morgan fingerprint density at radius 1 is 1.10 bits per heavy atom. The summed E-state index contributed by atoms with van der Waals surface area (Å²) in [6.45, 7) is 37.6. The summed E-state index contributed by atoms with van der Waals surface area (Å²) in [5.74, 6) is 7.83. The molecule has 8 N–H and O–H groups in total. The van der Waals surface area contributed by atoms with Gasteiger partial charge >= 0.3 is 32.7 Å². The summed E-state index contributed by atoms with van der Waals surface area (Å²) >= 11 is 0. The molecule has 5 nitrogen and oxygen atoms in total. The van der Waals surface area contributed by atoms with Gasteiger partial charge in [0.05, 0.1) is 0 Å². The van der Waals surface area contributed by atoms with E-state index in [1.165, 1.54) is 31.0 Å². The monoisotopic (exact) mass is 623 g/mol. The normalized spacial score (nSPS) is 9.46. The molecule has 0 bridgehead atoms. The van der Waals surface area contributed by atoms with Crippen LogP contribution in [-0.2, 0) is 39.1 Å². The van der Waals surface area contributed by atoms with E-state index in [1.807, 2.05) is 45.9 Å².